The predicted octanol–water partition coefficient (Wildman–Crippen LogP) is 2.37. The second kappa shape index (κ2) is 4.59. The molecular formula is C9H15BrN4. The van der Waals surface area contributed by atoms with Crippen LogP contribution in [0, 0.1) is 0 Å². The van der Waals surface area contributed by atoms with Gasteiger partial charge in [0, 0.05) is 6.54 Å². The molecule has 5 heteroatoms. The highest BCUT2D eigenvalue weighted by Gasteiger charge is 2.04. The largest absolute Gasteiger partial charge is 0.366 e. The standard InChI is InChI=1S/C9H15BrN4/c1-6(2)7(3)4-5-14-8(10)12-9(11)13-14/h4-5H2,1-3H3,(H2,11,13). The van der Waals surface area contributed by atoms with Crippen molar-refractivity contribution >= 4 is 21.9 Å². The van der Waals surface area contributed by atoms with Crippen molar-refractivity contribution in [2.45, 2.75) is 33.7 Å². The fourth-order valence-electron chi connectivity index (χ4n) is 1.01. The molecule has 1 rings (SSSR count). The lowest BCUT2D eigenvalue weighted by Gasteiger charge is -2.04. The minimum atomic E-state index is 0.312. The number of halogens is 1. The molecule has 78 valence electrons. The molecular weight excluding hydrogens is 244 g/mol. The average Bonchev–Trinajstić information content (AvgIpc) is 2.40. The molecule has 0 aliphatic rings. The quantitative estimate of drug-likeness (QED) is 0.848. The van der Waals surface area contributed by atoms with Crippen LogP contribution >= 0.6 is 15.9 Å². The third-order valence-corrected chi connectivity index (χ3v) is 2.78. The first kappa shape index (κ1) is 11.2. The Hall–Kier alpha value is -0.840. The number of allylic oxidation sites excluding steroid dienone is 2. The summed E-state index contributed by atoms with van der Waals surface area (Å²) < 4.78 is 2.46. The predicted molar refractivity (Wildman–Crippen MR) is 60.8 cm³/mol. The lowest BCUT2D eigenvalue weighted by molar-refractivity contribution is 0.597. The van der Waals surface area contributed by atoms with Crippen LogP contribution in [0.5, 0.6) is 0 Å². The van der Waals surface area contributed by atoms with E-state index in [1.165, 1.54) is 11.1 Å². The molecule has 14 heavy (non-hydrogen) atoms. The zero-order valence-corrected chi connectivity index (χ0v) is 10.3. The van der Waals surface area contributed by atoms with Crippen LogP contribution in [-0.2, 0) is 6.54 Å². The van der Waals surface area contributed by atoms with Gasteiger partial charge in [0.2, 0.25) is 5.95 Å². The molecule has 0 aromatic carbocycles. The summed E-state index contributed by atoms with van der Waals surface area (Å²) in [5.74, 6) is 0.312. The molecule has 0 amide bonds. The number of hydrogen-bond donors (Lipinski definition) is 1. The number of hydrogen-bond acceptors (Lipinski definition) is 3. The number of aryl methyl sites for hydroxylation is 1. The van der Waals surface area contributed by atoms with Gasteiger partial charge in [-0.25, -0.2) is 4.68 Å². The molecule has 0 aliphatic heterocycles. The summed E-state index contributed by atoms with van der Waals surface area (Å²) in [7, 11) is 0. The maximum atomic E-state index is 5.46. The number of rotatable bonds is 3. The van der Waals surface area contributed by atoms with Gasteiger partial charge >= 0.3 is 0 Å². The lowest BCUT2D eigenvalue weighted by Crippen LogP contribution is -2.02. The second-order valence-corrected chi connectivity index (χ2v) is 4.20. The van der Waals surface area contributed by atoms with Crippen LogP contribution in [0.1, 0.15) is 27.2 Å². The monoisotopic (exact) mass is 258 g/mol. The molecule has 0 spiro atoms. The Bertz CT molecular complexity index is 350. The minimum Gasteiger partial charge on any atom is -0.366 e. The Balaban J connectivity index is 2.63. The van der Waals surface area contributed by atoms with Gasteiger partial charge in [0.25, 0.3) is 0 Å². The Morgan fingerprint density at radius 2 is 2.07 bits per heavy atom. The number of nitrogens with zero attached hydrogens (tertiary/aromatic N) is 3. The van der Waals surface area contributed by atoms with Gasteiger partial charge in [-0.15, -0.1) is 5.10 Å². The SMILES string of the molecule is CC(C)=C(C)CCn1nc(N)nc1Br. The maximum absolute atomic E-state index is 5.46. The third-order valence-electron chi connectivity index (χ3n) is 2.20. The van der Waals surface area contributed by atoms with E-state index < -0.39 is 0 Å². The van der Waals surface area contributed by atoms with Crippen LogP contribution in [0.4, 0.5) is 5.95 Å². The fourth-order valence-corrected chi connectivity index (χ4v) is 1.44. The zero-order valence-electron chi connectivity index (χ0n) is 8.71. The van der Waals surface area contributed by atoms with Gasteiger partial charge in [-0.05, 0) is 43.1 Å². The summed E-state index contributed by atoms with van der Waals surface area (Å²) in [5.41, 5.74) is 8.20. The van der Waals surface area contributed by atoms with Crippen molar-refractivity contribution in [3.8, 4) is 0 Å². The van der Waals surface area contributed by atoms with E-state index in [9.17, 15) is 0 Å². The summed E-state index contributed by atoms with van der Waals surface area (Å²) >= 11 is 3.30. The molecule has 0 unspecified atom stereocenters. The van der Waals surface area contributed by atoms with E-state index in [2.05, 4.69) is 46.8 Å². The van der Waals surface area contributed by atoms with Crippen molar-refractivity contribution in [2.75, 3.05) is 5.73 Å². The summed E-state index contributed by atoms with van der Waals surface area (Å²) in [6, 6.07) is 0. The Kier molecular flexibility index (Phi) is 3.69. The smallest absolute Gasteiger partial charge is 0.240 e. The Labute approximate surface area is 92.3 Å². The molecule has 0 aliphatic carbocycles. The third kappa shape index (κ3) is 2.83. The molecule has 1 heterocycles. The first-order chi connectivity index (χ1) is 6.50. The van der Waals surface area contributed by atoms with Crippen LogP contribution in [0.25, 0.3) is 0 Å². The minimum absolute atomic E-state index is 0.312. The van der Waals surface area contributed by atoms with Gasteiger partial charge < -0.3 is 5.73 Å². The molecule has 1 aromatic heterocycles. The highest BCUT2D eigenvalue weighted by Crippen LogP contribution is 2.12. The molecule has 0 bridgehead atoms. The van der Waals surface area contributed by atoms with E-state index in [-0.39, 0.29) is 0 Å². The van der Waals surface area contributed by atoms with E-state index in [4.69, 9.17) is 5.73 Å². The van der Waals surface area contributed by atoms with Gasteiger partial charge in [0.15, 0.2) is 4.73 Å². The van der Waals surface area contributed by atoms with E-state index in [1.54, 1.807) is 4.68 Å². The molecule has 1 aromatic rings. The van der Waals surface area contributed by atoms with Crippen molar-refractivity contribution in [1.29, 1.82) is 0 Å². The number of nitrogen functional groups attached to an aromatic ring is 1. The van der Waals surface area contributed by atoms with Gasteiger partial charge in [-0.3, -0.25) is 0 Å². The van der Waals surface area contributed by atoms with E-state index >= 15 is 0 Å². The highest BCUT2D eigenvalue weighted by molar-refractivity contribution is 9.10. The van der Waals surface area contributed by atoms with Gasteiger partial charge in [0.1, 0.15) is 0 Å². The highest BCUT2D eigenvalue weighted by atomic mass is 79.9. The molecule has 2 N–H and O–H groups in total. The topological polar surface area (TPSA) is 56.7 Å². The van der Waals surface area contributed by atoms with E-state index in [0.29, 0.717) is 10.7 Å². The summed E-state index contributed by atoms with van der Waals surface area (Å²) in [4.78, 5) is 3.96. The molecule has 0 saturated carbocycles. The van der Waals surface area contributed by atoms with E-state index in [0.717, 1.165) is 13.0 Å². The number of anilines is 1. The number of aromatic nitrogens is 3. The second-order valence-electron chi connectivity index (χ2n) is 3.49. The van der Waals surface area contributed by atoms with Gasteiger partial charge in [-0.1, -0.05) is 11.1 Å². The first-order valence-corrected chi connectivity index (χ1v) is 5.28. The Morgan fingerprint density at radius 3 is 2.50 bits per heavy atom. The van der Waals surface area contributed by atoms with Crippen molar-refractivity contribution in [2.24, 2.45) is 0 Å². The summed E-state index contributed by atoms with van der Waals surface area (Å²) in [6.45, 7) is 7.16. The molecule has 0 radical (unpaired) electrons. The zero-order chi connectivity index (χ0) is 10.7. The lowest BCUT2D eigenvalue weighted by atomic mass is 10.1. The van der Waals surface area contributed by atoms with Crippen LogP contribution in [0.3, 0.4) is 0 Å². The number of nitrogens with two attached hydrogens (primary N) is 1. The van der Waals surface area contributed by atoms with E-state index in [1.807, 2.05) is 0 Å². The van der Waals surface area contributed by atoms with Crippen molar-refractivity contribution in [1.82, 2.24) is 14.8 Å². The van der Waals surface area contributed by atoms with Crippen LogP contribution in [-0.4, -0.2) is 14.8 Å². The van der Waals surface area contributed by atoms with Gasteiger partial charge in [-0.2, -0.15) is 4.98 Å². The average molecular weight is 259 g/mol. The van der Waals surface area contributed by atoms with Crippen molar-refractivity contribution in [3.05, 3.63) is 15.9 Å². The summed E-state index contributed by atoms with van der Waals surface area (Å²) in [5, 5.41) is 4.06. The van der Waals surface area contributed by atoms with Crippen LogP contribution in [0.2, 0.25) is 0 Å². The van der Waals surface area contributed by atoms with Crippen LogP contribution < -0.4 is 5.73 Å². The molecule has 0 saturated heterocycles. The van der Waals surface area contributed by atoms with Crippen molar-refractivity contribution in [3.63, 3.8) is 0 Å². The van der Waals surface area contributed by atoms with Crippen LogP contribution in [0.15, 0.2) is 15.9 Å². The first-order valence-electron chi connectivity index (χ1n) is 4.49. The fraction of sp³-hybridized carbons (Fsp3) is 0.556. The van der Waals surface area contributed by atoms with Crippen molar-refractivity contribution < 1.29 is 0 Å². The maximum Gasteiger partial charge on any atom is 0.240 e. The molecule has 0 atom stereocenters. The normalized spacial score (nSPS) is 10.3. The molecule has 4 nitrogen and oxygen atoms in total. The Morgan fingerprint density at radius 1 is 1.43 bits per heavy atom. The molecule has 0 fully saturated rings. The summed E-state index contributed by atoms with van der Waals surface area (Å²) in [6.07, 6.45) is 0.976. The van der Waals surface area contributed by atoms with Gasteiger partial charge in [0.05, 0.1) is 0 Å².